The molecule has 0 heterocycles. The molecule has 1 aromatic rings. The quantitative estimate of drug-likeness (QED) is 0.562. The molecule has 0 radical (unpaired) electrons. The van der Waals surface area contributed by atoms with E-state index in [1.165, 1.54) is 18.2 Å². The first-order valence-electron chi connectivity index (χ1n) is 2.44. The van der Waals surface area contributed by atoms with Crippen molar-refractivity contribution in [3.8, 4) is 0 Å². The summed E-state index contributed by atoms with van der Waals surface area (Å²) >= 11 is 0. The van der Waals surface area contributed by atoms with Crippen LogP contribution in [0.15, 0.2) is 24.3 Å². The van der Waals surface area contributed by atoms with Gasteiger partial charge in [-0.15, -0.1) is 0 Å². The van der Waals surface area contributed by atoms with Crippen molar-refractivity contribution in [2.75, 3.05) is 0 Å². The Balaban J connectivity index is 0.000000810. The molecule has 0 bridgehead atoms. The minimum atomic E-state index is -0.514. The summed E-state index contributed by atoms with van der Waals surface area (Å²) in [4.78, 5) is 2.70. The highest BCUT2D eigenvalue weighted by molar-refractivity contribution is 5.44. The first kappa shape index (κ1) is 8.53. The molecule has 0 aliphatic heterocycles. The number of hydrogen-bond acceptors (Lipinski definition) is 2. The summed E-state index contributed by atoms with van der Waals surface area (Å²) in [5.74, 6) is -0.514. The van der Waals surface area contributed by atoms with Crippen LogP contribution >= 0.6 is 0 Å². The molecule has 52 valence electrons. The number of diazo groups is 1. The van der Waals surface area contributed by atoms with Crippen LogP contribution < -0.4 is 6.15 Å². The van der Waals surface area contributed by atoms with Crippen molar-refractivity contribution in [3.63, 3.8) is 0 Å². The van der Waals surface area contributed by atoms with Gasteiger partial charge in [0.05, 0.1) is 0 Å². The Morgan fingerprint density at radius 2 is 1.90 bits per heavy atom. The molecule has 4 heteroatoms. The van der Waals surface area contributed by atoms with E-state index in [1.807, 2.05) is 0 Å². The van der Waals surface area contributed by atoms with Crippen LogP contribution in [0.5, 0.6) is 0 Å². The zero-order valence-electron chi connectivity index (χ0n) is 5.29. The Morgan fingerprint density at radius 1 is 1.30 bits per heavy atom. The predicted molar refractivity (Wildman–Crippen MR) is 36.2 cm³/mol. The van der Waals surface area contributed by atoms with Gasteiger partial charge in [-0.1, -0.05) is 12.1 Å². The highest BCUT2D eigenvalue weighted by Crippen LogP contribution is 2.14. The van der Waals surface area contributed by atoms with E-state index in [-0.39, 0.29) is 11.8 Å². The molecule has 0 amide bonds. The Labute approximate surface area is 57.7 Å². The summed E-state index contributed by atoms with van der Waals surface area (Å²) in [5, 5.41) is 8.10. The van der Waals surface area contributed by atoms with Crippen LogP contribution in [0.25, 0.3) is 4.98 Å². The van der Waals surface area contributed by atoms with Crippen LogP contribution in [0.3, 0.4) is 0 Å². The topological polar surface area (TPSA) is 63.1 Å². The molecule has 0 atom stereocenters. The number of hydrogen-bond donors (Lipinski definition) is 1. The summed E-state index contributed by atoms with van der Waals surface area (Å²) < 4.78 is 12.3. The number of benzene rings is 1. The molecule has 0 spiro atoms. The van der Waals surface area contributed by atoms with Crippen molar-refractivity contribution in [2.24, 2.45) is 0 Å². The fourth-order valence-corrected chi connectivity index (χ4v) is 0.533. The standard InChI is InChI=1S/C6H4FN2.H3N/c7-5-3-1-2-4-6(5)9-8;/h1-4H;1H3/q+1;. The lowest BCUT2D eigenvalue weighted by molar-refractivity contribution is 0.633. The third kappa shape index (κ3) is 1.50. The Hall–Kier alpha value is -1.47. The van der Waals surface area contributed by atoms with Gasteiger partial charge in [0.15, 0.2) is 4.98 Å². The minimum absolute atomic E-state index is 0. The lowest BCUT2D eigenvalue weighted by Crippen LogP contribution is -1.68. The number of halogens is 1. The van der Waals surface area contributed by atoms with Gasteiger partial charge in [0.25, 0.3) is 0 Å². The smallest absolute Gasteiger partial charge is 0.344 e. The van der Waals surface area contributed by atoms with Crippen LogP contribution in [0.2, 0.25) is 0 Å². The fraction of sp³-hybridized carbons (Fsp3) is 0. The zero-order valence-corrected chi connectivity index (χ0v) is 5.29. The molecule has 0 fully saturated rings. The molecule has 1 aromatic carbocycles. The second-order valence-electron chi connectivity index (χ2n) is 1.55. The zero-order chi connectivity index (χ0) is 6.69. The third-order valence-corrected chi connectivity index (χ3v) is 0.960. The normalized spacial score (nSPS) is 7.60. The fourth-order valence-electron chi connectivity index (χ4n) is 0.533. The van der Waals surface area contributed by atoms with Gasteiger partial charge in [-0.05, 0) is 6.07 Å². The average molecular weight is 140 g/mol. The highest BCUT2D eigenvalue weighted by Gasteiger charge is 2.09. The SMILES string of the molecule is N.N#[N+]c1ccccc1F. The van der Waals surface area contributed by atoms with Crippen molar-refractivity contribution >= 4 is 5.69 Å². The van der Waals surface area contributed by atoms with Crippen molar-refractivity contribution in [1.29, 1.82) is 5.39 Å². The first-order chi connectivity index (χ1) is 4.34. The van der Waals surface area contributed by atoms with E-state index < -0.39 is 5.82 Å². The van der Waals surface area contributed by atoms with Crippen LogP contribution in [-0.4, -0.2) is 0 Å². The molecular weight excluding hydrogens is 133 g/mol. The van der Waals surface area contributed by atoms with Gasteiger partial charge in [0.1, 0.15) is 0 Å². The summed E-state index contributed by atoms with van der Waals surface area (Å²) in [7, 11) is 0. The van der Waals surface area contributed by atoms with E-state index in [4.69, 9.17) is 5.39 Å². The van der Waals surface area contributed by atoms with Gasteiger partial charge in [-0.25, -0.2) is 0 Å². The van der Waals surface area contributed by atoms with Crippen molar-refractivity contribution < 1.29 is 4.39 Å². The molecule has 0 unspecified atom stereocenters. The van der Waals surface area contributed by atoms with Gasteiger partial charge < -0.3 is 6.15 Å². The molecule has 3 N–H and O–H groups in total. The molecule has 0 saturated heterocycles. The maximum absolute atomic E-state index is 12.3. The Kier molecular flexibility index (Phi) is 3.02. The summed E-state index contributed by atoms with van der Waals surface area (Å²) in [5.41, 5.74) is -0.0301. The van der Waals surface area contributed by atoms with Gasteiger partial charge in [-0.2, -0.15) is 4.39 Å². The van der Waals surface area contributed by atoms with E-state index in [0.29, 0.717) is 0 Å². The van der Waals surface area contributed by atoms with Crippen LogP contribution in [0, 0.1) is 11.2 Å². The van der Waals surface area contributed by atoms with Crippen LogP contribution in [0.4, 0.5) is 10.1 Å². The molecule has 0 saturated carbocycles. The summed E-state index contributed by atoms with van der Waals surface area (Å²) in [6.07, 6.45) is 0. The monoisotopic (exact) mass is 140 g/mol. The highest BCUT2D eigenvalue weighted by atomic mass is 19.1. The molecule has 10 heavy (non-hydrogen) atoms. The Bertz CT molecular complexity index is 253. The van der Waals surface area contributed by atoms with Gasteiger partial charge >= 0.3 is 5.69 Å². The second-order valence-corrected chi connectivity index (χ2v) is 1.55. The maximum Gasteiger partial charge on any atom is 0.420 e. The average Bonchev–Trinajstić information content (AvgIpc) is 1.89. The minimum Gasteiger partial charge on any atom is -0.344 e. The van der Waals surface area contributed by atoms with Crippen LogP contribution in [0.1, 0.15) is 0 Å². The Morgan fingerprint density at radius 3 is 2.30 bits per heavy atom. The van der Waals surface area contributed by atoms with Gasteiger partial charge in [0.2, 0.25) is 11.2 Å². The molecule has 0 aliphatic rings. The molecule has 3 nitrogen and oxygen atoms in total. The largest absolute Gasteiger partial charge is 0.420 e. The molecule has 0 aliphatic carbocycles. The van der Waals surface area contributed by atoms with E-state index in [0.717, 1.165) is 0 Å². The van der Waals surface area contributed by atoms with E-state index in [9.17, 15) is 4.39 Å². The first-order valence-corrected chi connectivity index (χ1v) is 2.44. The van der Waals surface area contributed by atoms with E-state index >= 15 is 0 Å². The lowest BCUT2D eigenvalue weighted by Gasteiger charge is -1.76. The van der Waals surface area contributed by atoms with Gasteiger partial charge in [0, 0.05) is 6.07 Å². The van der Waals surface area contributed by atoms with Crippen molar-refractivity contribution in [2.45, 2.75) is 0 Å². The van der Waals surface area contributed by atoms with Gasteiger partial charge in [-0.3, -0.25) is 0 Å². The lowest BCUT2D eigenvalue weighted by atomic mass is 10.3. The van der Waals surface area contributed by atoms with Crippen molar-refractivity contribution in [3.05, 3.63) is 35.1 Å². The van der Waals surface area contributed by atoms with E-state index in [1.54, 1.807) is 6.07 Å². The third-order valence-electron chi connectivity index (χ3n) is 0.960. The van der Waals surface area contributed by atoms with Crippen LogP contribution in [-0.2, 0) is 0 Å². The number of nitrogens with zero attached hydrogens (tertiary/aromatic N) is 2. The second kappa shape index (κ2) is 3.54. The summed E-state index contributed by atoms with van der Waals surface area (Å²) in [6.45, 7) is 0. The predicted octanol–water partition coefficient (Wildman–Crippen LogP) is 2.47. The maximum atomic E-state index is 12.3. The van der Waals surface area contributed by atoms with E-state index in [2.05, 4.69) is 4.98 Å². The molecule has 0 aromatic heterocycles. The molecular formula is C6H7FN3+. The molecule has 1 rings (SSSR count). The number of rotatable bonds is 0. The summed E-state index contributed by atoms with van der Waals surface area (Å²) in [6, 6.07) is 5.74. The van der Waals surface area contributed by atoms with Crippen molar-refractivity contribution in [1.82, 2.24) is 6.15 Å².